The van der Waals surface area contributed by atoms with Crippen LogP contribution in [-0.4, -0.2) is 51.0 Å². The molecule has 0 saturated heterocycles. The first-order valence-electron chi connectivity index (χ1n) is 12.1. The Morgan fingerprint density at radius 3 is 2.08 bits per heavy atom. The lowest BCUT2D eigenvalue weighted by molar-refractivity contribution is -0.139. The number of carbonyl (C=O) groups is 2. The fourth-order valence-corrected chi connectivity index (χ4v) is 5.09. The van der Waals surface area contributed by atoms with Crippen molar-refractivity contribution >= 4 is 27.5 Å². The number of hydrogen-bond donors (Lipinski definition) is 1. The average molecular weight is 522 g/mol. The van der Waals surface area contributed by atoms with E-state index < -0.39 is 28.5 Å². The molecule has 0 saturated carbocycles. The van der Waals surface area contributed by atoms with Gasteiger partial charge in [0.05, 0.1) is 11.9 Å². The van der Waals surface area contributed by atoms with Gasteiger partial charge in [-0.05, 0) is 49.1 Å². The van der Waals surface area contributed by atoms with Crippen LogP contribution in [0.1, 0.15) is 27.8 Å². The molecule has 0 aliphatic rings. The van der Waals surface area contributed by atoms with Crippen molar-refractivity contribution in [3.05, 3.63) is 101 Å². The molecule has 3 rings (SSSR count). The van der Waals surface area contributed by atoms with E-state index in [1.165, 1.54) is 11.9 Å². The van der Waals surface area contributed by atoms with Gasteiger partial charge in [0.15, 0.2) is 0 Å². The van der Waals surface area contributed by atoms with Crippen molar-refractivity contribution < 1.29 is 18.0 Å². The Morgan fingerprint density at radius 1 is 0.865 bits per heavy atom. The predicted octanol–water partition coefficient (Wildman–Crippen LogP) is 3.76. The largest absolute Gasteiger partial charge is 0.357 e. The van der Waals surface area contributed by atoms with E-state index in [9.17, 15) is 18.0 Å². The number of hydrogen-bond acceptors (Lipinski definition) is 4. The lowest BCUT2D eigenvalue weighted by Gasteiger charge is -2.33. The number of nitrogens with zero attached hydrogens (tertiary/aromatic N) is 2. The Balaban J connectivity index is 2.04. The van der Waals surface area contributed by atoms with E-state index in [1.807, 2.05) is 87.5 Å². The summed E-state index contributed by atoms with van der Waals surface area (Å²) in [5.41, 5.74) is 4.88. The molecule has 0 heterocycles. The number of amides is 2. The molecule has 37 heavy (non-hydrogen) atoms. The van der Waals surface area contributed by atoms with E-state index in [2.05, 4.69) is 5.32 Å². The van der Waals surface area contributed by atoms with Crippen LogP contribution in [0.15, 0.2) is 72.8 Å². The maximum atomic E-state index is 13.9. The minimum absolute atomic E-state index is 0.161. The van der Waals surface area contributed by atoms with Gasteiger partial charge in [-0.2, -0.15) is 0 Å². The molecule has 3 aromatic rings. The second-order valence-corrected chi connectivity index (χ2v) is 11.3. The van der Waals surface area contributed by atoms with E-state index >= 15 is 0 Å². The smallest absolute Gasteiger partial charge is 0.244 e. The molecule has 196 valence electrons. The monoisotopic (exact) mass is 521 g/mol. The Labute approximate surface area is 220 Å². The van der Waals surface area contributed by atoms with Gasteiger partial charge in [-0.15, -0.1) is 0 Å². The average Bonchev–Trinajstić information content (AvgIpc) is 2.86. The van der Waals surface area contributed by atoms with Crippen molar-refractivity contribution in [3.63, 3.8) is 0 Å². The van der Waals surface area contributed by atoms with Gasteiger partial charge in [0.2, 0.25) is 21.8 Å². The quantitative estimate of drug-likeness (QED) is 0.440. The Hall–Kier alpha value is -3.65. The summed E-state index contributed by atoms with van der Waals surface area (Å²) in [6.45, 7) is 5.40. The third kappa shape index (κ3) is 7.43. The third-order valence-corrected chi connectivity index (χ3v) is 7.43. The molecule has 0 aliphatic heterocycles. The summed E-state index contributed by atoms with van der Waals surface area (Å²) in [5.74, 6) is -0.779. The summed E-state index contributed by atoms with van der Waals surface area (Å²) in [7, 11) is -2.25. The molecule has 0 fully saturated rings. The highest BCUT2D eigenvalue weighted by atomic mass is 32.2. The zero-order valence-corrected chi connectivity index (χ0v) is 22.9. The van der Waals surface area contributed by atoms with Crippen LogP contribution >= 0.6 is 0 Å². The summed E-state index contributed by atoms with van der Waals surface area (Å²) in [5, 5.41) is 2.68. The molecule has 3 aromatic carbocycles. The van der Waals surface area contributed by atoms with Crippen LogP contribution < -0.4 is 9.62 Å². The minimum atomic E-state index is -3.79. The summed E-state index contributed by atoms with van der Waals surface area (Å²) < 4.78 is 26.9. The van der Waals surface area contributed by atoms with Crippen LogP contribution in [0.5, 0.6) is 0 Å². The van der Waals surface area contributed by atoms with Crippen molar-refractivity contribution in [2.24, 2.45) is 0 Å². The number of benzene rings is 3. The number of sulfonamides is 1. The first-order chi connectivity index (χ1) is 17.5. The van der Waals surface area contributed by atoms with Gasteiger partial charge >= 0.3 is 0 Å². The van der Waals surface area contributed by atoms with E-state index in [0.29, 0.717) is 12.1 Å². The van der Waals surface area contributed by atoms with Crippen molar-refractivity contribution in [2.75, 3.05) is 24.2 Å². The van der Waals surface area contributed by atoms with Gasteiger partial charge in [-0.25, -0.2) is 8.42 Å². The van der Waals surface area contributed by atoms with Gasteiger partial charge in [0.1, 0.15) is 12.6 Å². The standard InChI is InChI=1S/C29H35N3O4S/c1-21-12-15-25(16-13-21)19-31(27(29(34)30-4)18-24-9-7-6-8-10-24)28(33)20-32(37(5,35)36)26-17-22(2)11-14-23(26)3/h6-17,27H,18-20H2,1-5H3,(H,30,34)/t27-/m0/s1. The molecule has 0 radical (unpaired) electrons. The molecule has 7 nitrogen and oxygen atoms in total. The van der Waals surface area contributed by atoms with E-state index in [4.69, 9.17) is 0 Å². The second-order valence-electron chi connectivity index (χ2n) is 9.39. The highest BCUT2D eigenvalue weighted by molar-refractivity contribution is 7.92. The second kappa shape index (κ2) is 12.1. The van der Waals surface area contributed by atoms with Crippen LogP contribution in [0.2, 0.25) is 0 Å². The SMILES string of the molecule is CNC(=O)[C@H](Cc1ccccc1)N(Cc1ccc(C)cc1)C(=O)CN(c1cc(C)ccc1C)S(C)(=O)=O. The van der Waals surface area contributed by atoms with Gasteiger partial charge < -0.3 is 10.2 Å². The van der Waals surface area contributed by atoms with Crippen molar-refractivity contribution in [1.29, 1.82) is 0 Å². The number of rotatable bonds is 10. The first-order valence-corrected chi connectivity index (χ1v) is 14.0. The zero-order chi connectivity index (χ0) is 27.2. The van der Waals surface area contributed by atoms with Gasteiger partial charge in [-0.1, -0.05) is 72.3 Å². The van der Waals surface area contributed by atoms with Crippen molar-refractivity contribution in [1.82, 2.24) is 10.2 Å². The molecular formula is C29H35N3O4S. The molecule has 1 N–H and O–H groups in total. The van der Waals surface area contributed by atoms with E-state index in [-0.39, 0.29) is 12.5 Å². The number of nitrogens with one attached hydrogen (secondary N) is 1. The fraction of sp³-hybridized carbons (Fsp3) is 0.310. The van der Waals surface area contributed by atoms with Crippen molar-refractivity contribution in [2.45, 2.75) is 39.8 Å². The number of likely N-dealkylation sites (N-methyl/N-ethyl adjacent to an activating group) is 1. The summed E-state index contributed by atoms with van der Waals surface area (Å²) in [4.78, 5) is 28.5. The molecule has 0 spiro atoms. The third-order valence-electron chi connectivity index (χ3n) is 6.30. The Kier molecular flexibility index (Phi) is 9.10. The molecular weight excluding hydrogens is 486 g/mol. The maximum Gasteiger partial charge on any atom is 0.244 e. The molecule has 0 aliphatic carbocycles. The van der Waals surface area contributed by atoms with Crippen LogP contribution in [0.3, 0.4) is 0 Å². The zero-order valence-electron chi connectivity index (χ0n) is 22.1. The molecule has 0 bridgehead atoms. The lowest BCUT2D eigenvalue weighted by atomic mass is 10.0. The van der Waals surface area contributed by atoms with E-state index in [1.54, 1.807) is 6.07 Å². The summed E-state index contributed by atoms with van der Waals surface area (Å²) in [6, 6.07) is 21.8. The van der Waals surface area contributed by atoms with E-state index in [0.717, 1.165) is 38.4 Å². The maximum absolute atomic E-state index is 13.9. The van der Waals surface area contributed by atoms with Crippen LogP contribution in [-0.2, 0) is 32.6 Å². The predicted molar refractivity (Wildman–Crippen MR) is 148 cm³/mol. The summed E-state index contributed by atoms with van der Waals surface area (Å²) >= 11 is 0. The lowest BCUT2D eigenvalue weighted by Crippen LogP contribution is -2.53. The Morgan fingerprint density at radius 2 is 1.49 bits per heavy atom. The highest BCUT2D eigenvalue weighted by Crippen LogP contribution is 2.25. The Bertz CT molecular complexity index is 1340. The topological polar surface area (TPSA) is 86.8 Å². The van der Waals surface area contributed by atoms with Crippen LogP contribution in [0.4, 0.5) is 5.69 Å². The van der Waals surface area contributed by atoms with Crippen LogP contribution in [0, 0.1) is 20.8 Å². The number of anilines is 1. The molecule has 2 amide bonds. The van der Waals surface area contributed by atoms with Gasteiger partial charge in [0.25, 0.3) is 0 Å². The van der Waals surface area contributed by atoms with Crippen molar-refractivity contribution in [3.8, 4) is 0 Å². The highest BCUT2D eigenvalue weighted by Gasteiger charge is 2.33. The molecule has 8 heteroatoms. The van der Waals surface area contributed by atoms with Gasteiger partial charge in [-0.3, -0.25) is 13.9 Å². The first kappa shape index (κ1) is 27.9. The normalized spacial score (nSPS) is 12.0. The minimum Gasteiger partial charge on any atom is -0.357 e. The fourth-order valence-electron chi connectivity index (χ4n) is 4.19. The number of carbonyl (C=O) groups excluding carboxylic acids is 2. The molecule has 0 aromatic heterocycles. The summed E-state index contributed by atoms with van der Waals surface area (Å²) in [6.07, 6.45) is 1.38. The van der Waals surface area contributed by atoms with Gasteiger partial charge in [0, 0.05) is 20.0 Å². The van der Waals surface area contributed by atoms with Crippen LogP contribution in [0.25, 0.3) is 0 Å². The molecule has 0 unspecified atom stereocenters. The number of aryl methyl sites for hydroxylation is 3. The molecule has 1 atom stereocenters.